The molecule has 1 fully saturated rings. The normalized spacial score (nSPS) is 23.1. The molecule has 0 saturated carbocycles. The van der Waals surface area contributed by atoms with Crippen molar-refractivity contribution < 1.29 is 28.6 Å². The van der Waals surface area contributed by atoms with E-state index in [1.807, 2.05) is 71.8 Å². The van der Waals surface area contributed by atoms with Gasteiger partial charge in [0.05, 0.1) is 17.5 Å². The summed E-state index contributed by atoms with van der Waals surface area (Å²) >= 11 is 0. The number of Topliss-reactive ketones (excluding diaryl/α,β-unsaturated/α-hetero) is 2. The third-order valence-corrected chi connectivity index (χ3v) is 9.22. The molecule has 4 heterocycles. The summed E-state index contributed by atoms with van der Waals surface area (Å²) in [6, 6.07) is 26.9. The molecule has 1 N–H and O–H groups in total. The van der Waals surface area contributed by atoms with E-state index in [-0.39, 0.29) is 36.4 Å². The molecule has 4 aliphatic heterocycles. The van der Waals surface area contributed by atoms with Crippen molar-refractivity contribution in [1.29, 1.82) is 5.26 Å². The number of nitrogens with one attached hydrogen (secondary N) is 1. The largest absolute Gasteiger partial charge is 0.478 e. The molecular weight excluding hydrogens is 570 g/mol. The fraction of sp³-hybridized carbons (Fsp3) is 0.167. The van der Waals surface area contributed by atoms with Gasteiger partial charge >= 0.3 is 0 Å². The van der Waals surface area contributed by atoms with Gasteiger partial charge in [0.1, 0.15) is 23.3 Å². The van der Waals surface area contributed by atoms with Crippen LogP contribution in [-0.2, 0) is 10.2 Å². The van der Waals surface area contributed by atoms with E-state index < -0.39 is 29.2 Å². The molecule has 0 bridgehead atoms. The Morgan fingerprint density at radius 1 is 0.956 bits per heavy atom. The zero-order valence-corrected chi connectivity index (χ0v) is 23.8. The zero-order valence-electron chi connectivity index (χ0n) is 23.8. The molecule has 4 aromatic carbocycles. The Balaban J connectivity index is 1.40. The molecule has 1 amide bonds. The predicted octanol–water partition coefficient (Wildman–Crippen LogP) is 5.30. The van der Waals surface area contributed by atoms with Gasteiger partial charge < -0.3 is 24.4 Å². The Hall–Kier alpha value is -5.88. The highest BCUT2D eigenvalue weighted by Crippen LogP contribution is 2.62. The van der Waals surface area contributed by atoms with E-state index >= 15 is 4.79 Å². The van der Waals surface area contributed by atoms with Crippen molar-refractivity contribution in [2.45, 2.75) is 17.5 Å². The molecule has 1 spiro atoms. The minimum absolute atomic E-state index is 0.0359. The average Bonchev–Trinajstić information content (AvgIpc) is 3.76. The van der Waals surface area contributed by atoms with Crippen molar-refractivity contribution in [3.05, 3.63) is 125 Å². The number of nitriles is 1. The molecule has 45 heavy (non-hydrogen) atoms. The number of anilines is 1. The first kappa shape index (κ1) is 26.7. The van der Waals surface area contributed by atoms with Crippen molar-refractivity contribution >= 4 is 29.2 Å². The number of ketones is 2. The standard InChI is InChI=1S/C36H25N3O6/c37-16-18-43-27-12-6-3-9-24(27)33(41)31-30(32(40)22-13-14-28-29(19-22)45-20-44-28)36(25-10-4-5-11-26(25)38-35(36)42)34-23-8-2-1-7-21(23)15-17-39(31)34/h1-15,17,19,30-31,34H,18,20H2,(H,38,42)/t30-,31+,34+,36-/m1/s1. The van der Waals surface area contributed by atoms with Crippen molar-refractivity contribution in [3.8, 4) is 23.3 Å². The monoisotopic (exact) mass is 595 g/mol. The van der Waals surface area contributed by atoms with Gasteiger partial charge in [-0.2, -0.15) is 5.26 Å². The van der Waals surface area contributed by atoms with E-state index in [1.165, 1.54) is 0 Å². The van der Waals surface area contributed by atoms with Gasteiger partial charge in [0, 0.05) is 17.5 Å². The third-order valence-electron chi connectivity index (χ3n) is 9.22. The highest BCUT2D eigenvalue weighted by Gasteiger charge is 2.70. The molecule has 4 aliphatic rings. The maximum absolute atomic E-state index is 15.1. The number of amides is 1. The maximum Gasteiger partial charge on any atom is 0.238 e. The lowest BCUT2D eigenvalue weighted by Gasteiger charge is -2.38. The lowest BCUT2D eigenvalue weighted by atomic mass is 9.62. The van der Waals surface area contributed by atoms with Crippen LogP contribution >= 0.6 is 0 Å². The molecule has 0 unspecified atom stereocenters. The Bertz CT molecular complexity index is 2000. The van der Waals surface area contributed by atoms with Gasteiger partial charge in [0.15, 0.2) is 29.7 Å². The predicted molar refractivity (Wildman–Crippen MR) is 163 cm³/mol. The molecule has 4 aromatic rings. The van der Waals surface area contributed by atoms with Crippen LogP contribution in [0.5, 0.6) is 17.2 Å². The van der Waals surface area contributed by atoms with Gasteiger partial charge in [0.2, 0.25) is 12.7 Å². The molecule has 9 nitrogen and oxygen atoms in total. The maximum atomic E-state index is 15.1. The summed E-state index contributed by atoms with van der Waals surface area (Å²) in [5.74, 6) is -1.13. The fourth-order valence-electron chi connectivity index (χ4n) is 7.46. The number of hydrogen-bond acceptors (Lipinski definition) is 8. The Labute approximate surface area is 258 Å². The van der Waals surface area contributed by atoms with Crippen molar-refractivity contribution in [1.82, 2.24) is 4.90 Å². The summed E-state index contributed by atoms with van der Waals surface area (Å²) in [6.07, 6.45) is 3.72. The van der Waals surface area contributed by atoms with Crippen LogP contribution in [0.1, 0.15) is 43.4 Å². The van der Waals surface area contributed by atoms with E-state index in [0.29, 0.717) is 28.3 Å². The van der Waals surface area contributed by atoms with Gasteiger partial charge in [0.25, 0.3) is 0 Å². The SMILES string of the molecule is N#CCOc1ccccc1C(=O)[C@@H]1[C@H](C(=O)c2ccc3c(c2)OCO3)[C@@]2(C(=O)Nc3ccccc32)[C@@H]2c3ccccc3C=CN12. The van der Waals surface area contributed by atoms with E-state index in [9.17, 15) is 14.9 Å². The second-order valence-corrected chi connectivity index (χ2v) is 11.3. The van der Waals surface area contributed by atoms with Gasteiger partial charge in [-0.05, 0) is 59.2 Å². The summed E-state index contributed by atoms with van der Waals surface area (Å²) in [4.78, 5) is 46.5. The summed E-state index contributed by atoms with van der Waals surface area (Å²) in [5, 5.41) is 12.3. The summed E-state index contributed by atoms with van der Waals surface area (Å²) in [7, 11) is 0. The third kappa shape index (κ3) is 3.75. The van der Waals surface area contributed by atoms with E-state index in [2.05, 4.69) is 5.32 Å². The average molecular weight is 596 g/mol. The van der Waals surface area contributed by atoms with Gasteiger partial charge in [-0.1, -0.05) is 54.6 Å². The first-order valence-electron chi connectivity index (χ1n) is 14.6. The molecule has 0 aromatic heterocycles. The molecule has 0 radical (unpaired) electrons. The van der Waals surface area contributed by atoms with Crippen LogP contribution in [0.2, 0.25) is 0 Å². The van der Waals surface area contributed by atoms with Crippen LogP contribution in [0.25, 0.3) is 6.08 Å². The molecule has 8 rings (SSSR count). The molecule has 1 saturated heterocycles. The van der Waals surface area contributed by atoms with Crippen molar-refractivity contribution in [2.24, 2.45) is 5.92 Å². The van der Waals surface area contributed by atoms with Crippen LogP contribution in [0.4, 0.5) is 5.69 Å². The van der Waals surface area contributed by atoms with Crippen LogP contribution in [0.15, 0.2) is 97.2 Å². The molecule has 0 aliphatic carbocycles. The number of ether oxygens (including phenoxy) is 3. The smallest absolute Gasteiger partial charge is 0.238 e. The first-order valence-corrected chi connectivity index (χ1v) is 14.6. The summed E-state index contributed by atoms with van der Waals surface area (Å²) in [6.45, 7) is -0.220. The minimum atomic E-state index is -1.48. The number of carbonyl (C=O) groups is 3. The molecular formula is C36H25N3O6. The van der Waals surface area contributed by atoms with E-state index in [0.717, 1.165) is 11.1 Å². The van der Waals surface area contributed by atoms with Crippen LogP contribution < -0.4 is 19.5 Å². The highest BCUT2D eigenvalue weighted by molar-refractivity contribution is 6.17. The lowest BCUT2D eigenvalue weighted by molar-refractivity contribution is -0.122. The summed E-state index contributed by atoms with van der Waals surface area (Å²) in [5.41, 5.74) is 2.02. The van der Waals surface area contributed by atoms with Gasteiger partial charge in [-0.3, -0.25) is 14.4 Å². The van der Waals surface area contributed by atoms with Crippen LogP contribution in [-0.4, -0.2) is 41.8 Å². The van der Waals surface area contributed by atoms with Crippen LogP contribution in [0, 0.1) is 17.2 Å². The number of fused-ring (bicyclic) bond motifs is 7. The number of carbonyl (C=O) groups excluding carboxylic acids is 3. The number of benzene rings is 4. The quantitative estimate of drug-likeness (QED) is 0.299. The Morgan fingerprint density at radius 2 is 1.73 bits per heavy atom. The van der Waals surface area contributed by atoms with Crippen molar-refractivity contribution in [2.75, 3.05) is 18.7 Å². The Kier molecular flexibility index (Phi) is 6.00. The topological polar surface area (TPSA) is 118 Å². The fourth-order valence-corrected chi connectivity index (χ4v) is 7.46. The second kappa shape index (κ2) is 10.1. The number of rotatable bonds is 6. The number of para-hydroxylation sites is 2. The number of hydrogen-bond donors (Lipinski definition) is 1. The zero-order chi connectivity index (χ0) is 30.7. The van der Waals surface area contributed by atoms with Crippen LogP contribution in [0.3, 0.4) is 0 Å². The van der Waals surface area contributed by atoms with Gasteiger partial charge in [-0.15, -0.1) is 0 Å². The van der Waals surface area contributed by atoms with Crippen molar-refractivity contribution in [3.63, 3.8) is 0 Å². The highest BCUT2D eigenvalue weighted by atomic mass is 16.7. The van der Waals surface area contributed by atoms with E-state index in [4.69, 9.17) is 14.2 Å². The first-order chi connectivity index (χ1) is 22.0. The Morgan fingerprint density at radius 3 is 2.62 bits per heavy atom. The molecule has 9 heteroatoms. The second-order valence-electron chi connectivity index (χ2n) is 11.3. The summed E-state index contributed by atoms with van der Waals surface area (Å²) < 4.78 is 16.8. The number of nitrogens with zero attached hydrogens (tertiary/aromatic N) is 2. The lowest BCUT2D eigenvalue weighted by Crippen LogP contribution is -2.49. The minimum Gasteiger partial charge on any atom is -0.478 e. The molecule has 4 atom stereocenters. The van der Waals surface area contributed by atoms with Gasteiger partial charge in [-0.25, -0.2) is 0 Å². The molecule has 220 valence electrons. The van der Waals surface area contributed by atoms with E-state index in [1.54, 1.807) is 42.5 Å².